The van der Waals surface area contributed by atoms with Gasteiger partial charge in [0.15, 0.2) is 0 Å². The zero-order valence-electron chi connectivity index (χ0n) is 17.0. The molecule has 0 saturated heterocycles. The molecule has 0 fully saturated rings. The van der Waals surface area contributed by atoms with Crippen LogP contribution in [-0.2, 0) is 43.4 Å². The summed E-state index contributed by atoms with van der Waals surface area (Å²) in [5.41, 5.74) is 0. The van der Waals surface area contributed by atoms with Gasteiger partial charge in [0.05, 0.1) is 0 Å². The van der Waals surface area contributed by atoms with Gasteiger partial charge in [0.25, 0.3) is 0 Å². The molecule has 0 saturated carbocycles. The molecule has 0 rings (SSSR count). The van der Waals surface area contributed by atoms with Crippen molar-refractivity contribution in [2.24, 2.45) is 0 Å². The van der Waals surface area contributed by atoms with Gasteiger partial charge >= 0.3 is 21.7 Å². The number of hydrogen-bond donors (Lipinski definition) is 1. The zero-order chi connectivity index (χ0) is 15.5. The minimum absolute atomic E-state index is 0. The Bertz CT molecular complexity index is 141. The quantitative estimate of drug-likeness (QED) is 0.256. The largest absolute Gasteiger partial charge is 2.00 e. The normalized spacial score (nSPS) is 7.44. The number of unbranched alkanes of at least 4 members (excludes halogenated alkanes) is 1. The van der Waals surface area contributed by atoms with Gasteiger partial charge in [0.2, 0.25) is 0 Å². The van der Waals surface area contributed by atoms with Gasteiger partial charge in [0, 0.05) is 28.3 Å². The average Bonchev–Trinajstić information content (AvgIpc) is 2.30. The molecule has 0 radical (unpaired) electrons. The van der Waals surface area contributed by atoms with E-state index in [1.54, 1.807) is 0 Å². The molecule has 0 aromatic rings. The summed E-state index contributed by atoms with van der Waals surface area (Å²) in [7, 11) is 0. The van der Waals surface area contributed by atoms with Crippen LogP contribution in [0.2, 0.25) is 0 Å². The molecule has 0 aliphatic rings. The van der Waals surface area contributed by atoms with Gasteiger partial charge in [0.1, 0.15) is 0 Å². The SMILES string of the molecule is CC(C)[N-]C(C)C.CCCCO.CCC[N-]CCC.[Cl-].[Cl-].[Cl-].[Cl-].[Ti+2].[Ti]. The van der Waals surface area contributed by atoms with E-state index in [-0.39, 0.29) is 93.1 Å². The van der Waals surface area contributed by atoms with Crippen LogP contribution >= 0.6 is 0 Å². The van der Waals surface area contributed by atoms with Gasteiger partial charge in [-0.1, -0.05) is 67.7 Å². The second-order valence-corrected chi connectivity index (χ2v) is 5.08. The van der Waals surface area contributed by atoms with Gasteiger partial charge in [-0.2, -0.15) is 0 Å². The smallest absolute Gasteiger partial charge is 1.00 e. The molecule has 9 heteroatoms. The van der Waals surface area contributed by atoms with Crippen LogP contribution in [0.4, 0.5) is 0 Å². The van der Waals surface area contributed by atoms with Crippen LogP contribution in [0, 0.1) is 0 Å². The van der Waals surface area contributed by atoms with Crippen molar-refractivity contribution in [2.45, 2.75) is 86.2 Å². The van der Waals surface area contributed by atoms with Crippen molar-refractivity contribution in [3.8, 4) is 0 Å². The number of halogens is 4. The zero-order valence-corrected chi connectivity index (χ0v) is 23.1. The summed E-state index contributed by atoms with van der Waals surface area (Å²) >= 11 is 0. The molecule has 3 nitrogen and oxygen atoms in total. The molecule has 0 aromatic heterocycles. The fraction of sp³-hybridized carbons (Fsp3) is 1.00. The van der Waals surface area contributed by atoms with E-state index in [1.165, 1.54) is 12.8 Å². The summed E-state index contributed by atoms with van der Waals surface area (Å²) in [6, 6.07) is 1.000. The monoisotopic (exact) mass is 510 g/mol. The maximum Gasteiger partial charge on any atom is 2.00 e. The van der Waals surface area contributed by atoms with E-state index in [2.05, 4.69) is 59.1 Å². The van der Waals surface area contributed by atoms with Crippen LogP contribution in [-0.4, -0.2) is 36.9 Å². The van der Waals surface area contributed by atoms with Crippen molar-refractivity contribution in [3.05, 3.63) is 10.6 Å². The van der Waals surface area contributed by atoms with E-state index >= 15 is 0 Å². The van der Waals surface area contributed by atoms with Crippen LogP contribution in [0.5, 0.6) is 0 Å². The molecule has 25 heavy (non-hydrogen) atoms. The van der Waals surface area contributed by atoms with Crippen LogP contribution in [0.3, 0.4) is 0 Å². The molecular formula is C16H38Cl4N2OTi2-4. The fourth-order valence-corrected chi connectivity index (χ4v) is 1.18. The third-order valence-corrected chi connectivity index (χ3v) is 1.87. The summed E-state index contributed by atoms with van der Waals surface area (Å²) in [6.07, 6.45) is 4.43. The van der Waals surface area contributed by atoms with E-state index in [9.17, 15) is 0 Å². The summed E-state index contributed by atoms with van der Waals surface area (Å²) in [5, 5.41) is 16.6. The molecule has 0 amide bonds. The number of aliphatic hydroxyl groups is 1. The Morgan fingerprint density at radius 1 is 0.720 bits per heavy atom. The number of nitrogens with zero attached hydrogens (tertiary/aromatic N) is 2. The van der Waals surface area contributed by atoms with Crippen molar-refractivity contribution in [3.63, 3.8) is 0 Å². The van der Waals surface area contributed by atoms with Crippen molar-refractivity contribution < 1.29 is 98.2 Å². The fourth-order valence-electron chi connectivity index (χ4n) is 1.18. The Labute approximate surface area is 213 Å². The van der Waals surface area contributed by atoms with E-state index < -0.39 is 0 Å². The van der Waals surface area contributed by atoms with Gasteiger partial charge in [-0.15, -0.1) is 25.2 Å². The Kier molecular flexibility index (Phi) is 127. The number of aliphatic hydroxyl groups excluding tert-OH is 1. The molecule has 0 bridgehead atoms. The van der Waals surface area contributed by atoms with Crippen molar-refractivity contribution in [2.75, 3.05) is 19.7 Å². The Balaban J connectivity index is -0.0000000198. The Morgan fingerprint density at radius 2 is 1.04 bits per heavy atom. The van der Waals surface area contributed by atoms with E-state index in [0.29, 0.717) is 18.7 Å². The van der Waals surface area contributed by atoms with E-state index in [0.717, 1.165) is 25.9 Å². The molecule has 0 heterocycles. The van der Waals surface area contributed by atoms with Gasteiger partial charge in [-0.25, -0.2) is 0 Å². The summed E-state index contributed by atoms with van der Waals surface area (Å²) in [4.78, 5) is 0. The minimum Gasteiger partial charge on any atom is -1.00 e. The maximum atomic E-state index is 8.07. The molecular weight excluding hydrogens is 474 g/mol. The van der Waals surface area contributed by atoms with E-state index in [1.807, 2.05) is 0 Å². The second kappa shape index (κ2) is 56.3. The predicted molar refractivity (Wildman–Crippen MR) is 89.3 cm³/mol. The van der Waals surface area contributed by atoms with Gasteiger partial charge < -0.3 is 65.4 Å². The van der Waals surface area contributed by atoms with Crippen LogP contribution in [0.1, 0.15) is 74.1 Å². The first-order chi connectivity index (χ1) is 8.95. The maximum absolute atomic E-state index is 8.07. The summed E-state index contributed by atoms with van der Waals surface area (Å²) in [5.74, 6) is 0. The first kappa shape index (κ1) is 56.4. The molecule has 0 atom stereocenters. The molecule has 0 aliphatic heterocycles. The third kappa shape index (κ3) is 102. The van der Waals surface area contributed by atoms with Crippen molar-refractivity contribution in [1.82, 2.24) is 0 Å². The number of hydrogen-bond acceptors (Lipinski definition) is 1. The van der Waals surface area contributed by atoms with E-state index in [4.69, 9.17) is 5.11 Å². The van der Waals surface area contributed by atoms with Crippen LogP contribution in [0.25, 0.3) is 10.6 Å². The average molecular weight is 512 g/mol. The first-order valence-electron chi connectivity index (χ1n) is 7.90. The molecule has 0 unspecified atom stereocenters. The van der Waals surface area contributed by atoms with Crippen molar-refractivity contribution >= 4 is 0 Å². The second-order valence-electron chi connectivity index (χ2n) is 5.08. The van der Waals surface area contributed by atoms with Gasteiger partial charge in [-0.05, 0) is 6.42 Å². The topological polar surface area (TPSA) is 48.4 Å². The summed E-state index contributed by atoms with van der Waals surface area (Å²) in [6.45, 7) is 17.2. The first-order valence-corrected chi connectivity index (χ1v) is 7.90. The molecule has 0 aromatic carbocycles. The molecule has 0 spiro atoms. The standard InChI is InChI=1S/2C6H14N.C4H10O.4ClH.2Ti/c1-5(2)7-6(3)4;1-3-5-7-6-4-2;1-2-3-4-5;;;;;;/h5-6H,1-4H3;3-6H2,1-2H3;5H,2-4H2,1H3;4*1H;;/q2*-1;;;;;;;+2/p-4. The van der Waals surface area contributed by atoms with Crippen LogP contribution in [0.15, 0.2) is 0 Å². The minimum atomic E-state index is 0. The Morgan fingerprint density at radius 3 is 1.12 bits per heavy atom. The Hall–Kier alpha value is 2.47. The molecule has 0 aliphatic carbocycles. The molecule has 1 N–H and O–H groups in total. The number of rotatable bonds is 8. The van der Waals surface area contributed by atoms with Crippen LogP contribution < -0.4 is 49.6 Å². The van der Waals surface area contributed by atoms with Crippen molar-refractivity contribution in [1.29, 1.82) is 0 Å². The predicted octanol–water partition coefficient (Wildman–Crippen LogP) is -6.85. The third-order valence-electron chi connectivity index (χ3n) is 1.87. The van der Waals surface area contributed by atoms with Gasteiger partial charge in [-0.3, -0.25) is 0 Å². The summed E-state index contributed by atoms with van der Waals surface area (Å²) < 4.78 is 0. The molecule has 158 valence electrons.